The topological polar surface area (TPSA) is 46.2 Å². The zero-order chi connectivity index (χ0) is 20.2. The molecule has 140 valence electrons. The van der Waals surface area contributed by atoms with Crippen molar-refractivity contribution in [1.29, 1.82) is 0 Å². The highest BCUT2D eigenvalue weighted by molar-refractivity contribution is 6.42. The molecule has 0 saturated heterocycles. The molecule has 0 spiro atoms. The second kappa shape index (κ2) is 6.85. The molecule has 0 radical (unpaired) electrons. The summed E-state index contributed by atoms with van der Waals surface area (Å²) in [6.45, 7) is 0. The Labute approximate surface area is 172 Å². The Morgan fingerprint density at radius 3 is 1.89 bits per heavy atom. The van der Waals surface area contributed by atoms with Crippen LogP contribution in [-0.2, 0) is 0 Å². The van der Waals surface area contributed by atoms with E-state index in [1.807, 2.05) is 0 Å². The van der Waals surface area contributed by atoms with Crippen LogP contribution < -0.4 is 5.32 Å². The number of nitrogens with one attached hydrogen (secondary N) is 1. The highest BCUT2D eigenvalue weighted by Crippen LogP contribution is 2.39. The van der Waals surface area contributed by atoms with Crippen molar-refractivity contribution in [3.05, 3.63) is 91.4 Å². The second-order valence-electron chi connectivity index (χ2n) is 6.04. The first-order valence-corrected chi connectivity index (χ1v) is 9.05. The molecule has 8 heteroatoms. The maximum atomic E-state index is 15.2. The average Bonchev–Trinajstić information content (AvgIpc) is 2.65. The van der Waals surface area contributed by atoms with Crippen LogP contribution in [-0.4, -0.2) is 11.6 Å². The van der Waals surface area contributed by atoms with Gasteiger partial charge in [0.05, 0.1) is 32.5 Å². The van der Waals surface area contributed by atoms with Gasteiger partial charge in [0.2, 0.25) is 0 Å². The Bertz CT molecular complexity index is 1170. The third kappa shape index (κ3) is 2.87. The molecule has 0 unspecified atom stereocenters. The van der Waals surface area contributed by atoms with E-state index >= 15 is 4.39 Å². The van der Waals surface area contributed by atoms with Crippen molar-refractivity contribution < 1.29 is 18.4 Å². The van der Waals surface area contributed by atoms with Gasteiger partial charge in [0.15, 0.2) is 17.4 Å². The summed E-state index contributed by atoms with van der Waals surface area (Å²) in [7, 11) is 0. The number of ketones is 2. The number of fused-ring (bicyclic) bond motifs is 2. The summed E-state index contributed by atoms with van der Waals surface area (Å²) < 4.78 is 29.9. The van der Waals surface area contributed by atoms with Gasteiger partial charge in [0.1, 0.15) is 5.82 Å². The van der Waals surface area contributed by atoms with Crippen molar-refractivity contribution in [1.82, 2.24) is 0 Å². The van der Waals surface area contributed by atoms with Gasteiger partial charge in [-0.1, -0.05) is 59.1 Å². The summed E-state index contributed by atoms with van der Waals surface area (Å²) >= 11 is 18.0. The van der Waals surface area contributed by atoms with Gasteiger partial charge in [-0.15, -0.1) is 0 Å². The highest BCUT2D eigenvalue weighted by Gasteiger charge is 2.36. The minimum absolute atomic E-state index is 0.0120. The molecule has 1 N–H and O–H groups in total. The molecule has 1 aliphatic carbocycles. The number of anilines is 2. The zero-order valence-electron chi connectivity index (χ0n) is 13.7. The van der Waals surface area contributed by atoms with Crippen LogP contribution in [0.4, 0.5) is 20.2 Å². The highest BCUT2D eigenvalue weighted by atomic mass is 35.5. The number of hydrogen-bond acceptors (Lipinski definition) is 3. The van der Waals surface area contributed by atoms with Gasteiger partial charge < -0.3 is 5.32 Å². The van der Waals surface area contributed by atoms with Crippen molar-refractivity contribution >= 4 is 57.7 Å². The summed E-state index contributed by atoms with van der Waals surface area (Å²) in [6, 6.07) is 9.40. The molecule has 0 aromatic heterocycles. The van der Waals surface area contributed by atoms with Gasteiger partial charge in [-0.05, 0) is 12.1 Å². The molecule has 0 bridgehead atoms. The minimum atomic E-state index is -1.08. The fourth-order valence-electron chi connectivity index (χ4n) is 3.10. The van der Waals surface area contributed by atoms with Gasteiger partial charge in [0, 0.05) is 22.2 Å². The average molecular weight is 439 g/mol. The van der Waals surface area contributed by atoms with Gasteiger partial charge in [-0.25, -0.2) is 8.78 Å². The lowest BCUT2D eigenvalue weighted by Crippen LogP contribution is -2.24. The normalized spacial score (nSPS) is 12.6. The van der Waals surface area contributed by atoms with E-state index in [9.17, 15) is 14.0 Å². The van der Waals surface area contributed by atoms with E-state index in [-0.39, 0.29) is 37.6 Å². The molecule has 0 amide bonds. The molecule has 4 rings (SSSR count). The molecule has 28 heavy (non-hydrogen) atoms. The number of hydrogen-bond donors (Lipinski definition) is 1. The van der Waals surface area contributed by atoms with Gasteiger partial charge in [-0.2, -0.15) is 0 Å². The van der Waals surface area contributed by atoms with E-state index in [2.05, 4.69) is 5.32 Å². The van der Waals surface area contributed by atoms with Gasteiger partial charge in [0.25, 0.3) is 0 Å². The van der Waals surface area contributed by atoms with Crippen LogP contribution in [0.3, 0.4) is 0 Å². The predicted octanol–water partition coefficient (Wildman–Crippen LogP) is 6.44. The van der Waals surface area contributed by atoms with E-state index in [0.717, 1.165) is 6.07 Å². The zero-order valence-corrected chi connectivity index (χ0v) is 16.0. The maximum absolute atomic E-state index is 15.2. The van der Waals surface area contributed by atoms with E-state index in [0.29, 0.717) is 0 Å². The van der Waals surface area contributed by atoms with Crippen molar-refractivity contribution in [2.24, 2.45) is 0 Å². The molecule has 3 aromatic carbocycles. The SMILES string of the molecule is O=C1c2ccccc2C(=O)c2c(F)c(Nc3c(Cl)cc(Cl)cc3Cl)cc(F)c21. The molecule has 0 atom stereocenters. The first-order valence-electron chi connectivity index (χ1n) is 7.91. The first-order chi connectivity index (χ1) is 13.3. The maximum Gasteiger partial charge on any atom is 0.197 e. The van der Waals surface area contributed by atoms with Crippen LogP contribution in [0.25, 0.3) is 0 Å². The third-order valence-corrected chi connectivity index (χ3v) is 5.17. The summed E-state index contributed by atoms with van der Waals surface area (Å²) in [4.78, 5) is 25.4. The Morgan fingerprint density at radius 1 is 0.786 bits per heavy atom. The van der Waals surface area contributed by atoms with Crippen molar-refractivity contribution in [3.63, 3.8) is 0 Å². The Balaban J connectivity index is 1.89. The van der Waals surface area contributed by atoms with Crippen LogP contribution in [0.1, 0.15) is 31.8 Å². The van der Waals surface area contributed by atoms with Crippen LogP contribution in [0.15, 0.2) is 42.5 Å². The molecule has 0 saturated carbocycles. The standard InChI is InChI=1S/C20H8Cl3F2NO2/c21-8-5-11(22)18(12(23)6-8)26-14-7-13(24)15-16(17(14)25)20(28)10-4-2-1-3-9(10)19(15)27/h1-7,26H. The lowest BCUT2D eigenvalue weighted by Gasteiger charge is -2.21. The number of rotatable bonds is 2. The fourth-order valence-corrected chi connectivity index (χ4v) is 4.01. The smallest absolute Gasteiger partial charge is 0.197 e. The fraction of sp³-hybridized carbons (Fsp3) is 0. The molecular formula is C20H8Cl3F2NO2. The molecule has 0 fully saturated rings. The largest absolute Gasteiger partial charge is 0.351 e. The Morgan fingerprint density at radius 2 is 1.32 bits per heavy atom. The summed E-state index contributed by atoms with van der Waals surface area (Å²) in [5.74, 6) is -3.64. The summed E-state index contributed by atoms with van der Waals surface area (Å²) in [5.41, 5.74) is -1.49. The molecule has 0 aliphatic heterocycles. The van der Waals surface area contributed by atoms with Crippen molar-refractivity contribution in [3.8, 4) is 0 Å². The molecule has 0 heterocycles. The lowest BCUT2D eigenvalue weighted by molar-refractivity contribution is 0.0972. The minimum Gasteiger partial charge on any atom is -0.351 e. The molecule has 3 nitrogen and oxygen atoms in total. The quantitative estimate of drug-likeness (QED) is 0.391. The number of carbonyl (C=O) groups excluding carboxylic acids is 2. The Hall–Kier alpha value is -2.47. The second-order valence-corrected chi connectivity index (χ2v) is 7.29. The van der Waals surface area contributed by atoms with E-state index in [1.54, 1.807) is 12.1 Å². The Kier molecular flexibility index (Phi) is 4.62. The molecular weight excluding hydrogens is 431 g/mol. The van der Waals surface area contributed by atoms with Gasteiger partial charge in [-0.3, -0.25) is 9.59 Å². The monoisotopic (exact) mass is 437 g/mol. The van der Waals surface area contributed by atoms with Crippen LogP contribution >= 0.6 is 34.8 Å². The third-order valence-electron chi connectivity index (χ3n) is 4.35. The van der Waals surface area contributed by atoms with Crippen molar-refractivity contribution in [2.75, 3.05) is 5.32 Å². The summed E-state index contributed by atoms with van der Waals surface area (Å²) in [6.07, 6.45) is 0. The number of halogens is 5. The van der Waals surface area contributed by atoms with Crippen LogP contribution in [0, 0.1) is 11.6 Å². The van der Waals surface area contributed by atoms with E-state index in [1.165, 1.54) is 24.3 Å². The van der Waals surface area contributed by atoms with Crippen LogP contribution in [0.5, 0.6) is 0 Å². The van der Waals surface area contributed by atoms with Crippen LogP contribution in [0.2, 0.25) is 15.1 Å². The van der Waals surface area contributed by atoms with E-state index in [4.69, 9.17) is 34.8 Å². The lowest BCUT2D eigenvalue weighted by atomic mass is 9.83. The number of carbonyl (C=O) groups is 2. The van der Waals surface area contributed by atoms with Crippen molar-refractivity contribution in [2.45, 2.75) is 0 Å². The first kappa shape index (κ1) is 18.9. The predicted molar refractivity (Wildman–Crippen MR) is 104 cm³/mol. The summed E-state index contributed by atoms with van der Waals surface area (Å²) in [5, 5.41) is 2.99. The van der Waals surface area contributed by atoms with E-state index < -0.39 is 34.3 Å². The molecule has 3 aromatic rings. The molecule has 1 aliphatic rings. The number of benzene rings is 3. The van der Waals surface area contributed by atoms with Gasteiger partial charge >= 0.3 is 0 Å².